The third-order valence-corrected chi connectivity index (χ3v) is 6.08. The molecule has 1 aliphatic rings. The number of hydrogen-bond acceptors (Lipinski definition) is 3. The van der Waals surface area contributed by atoms with E-state index in [1.165, 1.54) is 69.9 Å². The van der Waals surface area contributed by atoms with Crippen molar-refractivity contribution >= 4 is 0 Å². The van der Waals surface area contributed by atoms with Crippen LogP contribution in [0.1, 0.15) is 75.8 Å². The quantitative estimate of drug-likeness (QED) is 0.494. The molecule has 4 heteroatoms. The molecule has 3 nitrogen and oxygen atoms in total. The maximum Gasteiger partial charge on any atom is 0.159 e. The van der Waals surface area contributed by atoms with Gasteiger partial charge in [0.25, 0.3) is 0 Å². The van der Waals surface area contributed by atoms with Crippen molar-refractivity contribution in [3.63, 3.8) is 0 Å². The zero-order valence-corrected chi connectivity index (χ0v) is 16.8. The van der Waals surface area contributed by atoms with Crippen molar-refractivity contribution in [2.75, 3.05) is 0 Å². The summed E-state index contributed by atoms with van der Waals surface area (Å²) in [5, 5.41) is 8.82. The zero-order chi connectivity index (χ0) is 19.8. The summed E-state index contributed by atoms with van der Waals surface area (Å²) in [5.74, 6) is 1.76. The third kappa shape index (κ3) is 5.61. The lowest BCUT2D eigenvalue weighted by molar-refractivity contribution is 0.249. The highest BCUT2D eigenvalue weighted by molar-refractivity contribution is 5.56. The second-order valence-electron chi connectivity index (χ2n) is 8.14. The Morgan fingerprint density at radius 3 is 2.32 bits per heavy atom. The first-order valence-corrected chi connectivity index (χ1v) is 10.7. The Kier molecular flexibility index (Phi) is 7.54. The molecule has 148 valence electrons. The molecule has 0 N–H and O–H groups in total. The summed E-state index contributed by atoms with van der Waals surface area (Å²) in [6, 6.07) is 6.32. The summed E-state index contributed by atoms with van der Waals surface area (Å²) in [6.45, 7) is 2.27. The first kappa shape index (κ1) is 20.5. The molecule has 0 radical (unpaired) electrons. The molecular formula is C24H30FN3. The molecule has 2 aromatic rings. The minimum absolute atomic E-state index is 0.0421. The van der Waals surface area contributed by atoms with Crippen LogP contribution in [-0.2, 0) is 6.42 Å². The van der Waals surface area contributed by atoms with E-state index < -0.39 is 5.82 Å². The molecule has 3 rings (SSSR count). The largest absolute Gasteiger partial charge is 0.236 e. The van der Waals surface area contributed by atoms with Crippen LogP contribution in [0.2, 0.25) is 0 Å². The van der Waals surface area contributed by atoms with Crippen molar-refractivity contribution in [2.24, 2.45) is 11.8 Å². The monoisotopic (exact) mass is 379 g/mol. The lowest BCUT2D eigenvalue weighted by Gasteiger charge is -2.28. The van der Waals surface area contributed by atoms with Crippen LogP contribution in [0.3, 0.4) is 0 Å². The van der Waals surface area contributed by atoms with Crippen molar-refractivity contribution < 1.29 is 4.39 Å². The van der Waals surface area contributed by atoms with E-state index in [4.69, 9.17) is 5.26 Å². The van der Waals surface area contributed by atoms with E-state index in [9.17, 15) is 4.39 Å². The summed E-state index contributed by atoms with van der Waals surface area (Å²) < 4.78 is 13.8. The number of nitrogens with zero attached hydrogens (tertiary/aromatic N) is 3. The van der Waals surface area contributed by atoms with Crippen molar-refractivity contribution in [3.05, 3.63) is 47.5 Å². The predicted octanol–water partition coefficient (Wildman–Crippen LogP) is 6.47. The number of rotatable bonds is 8. The molecule has 1 aromatic heterocycles. The molecule has 0 saturated heterocycles. The standard InChI is InChI=1S/C24H30FN3/c1-2-3-4-5-18-6-8-19(9-7-18)10-11-20-16-27-24(28-17-20)21-12-13-22(15-26)23(25)14-21/h12-14,16-19H,2-11H2,1H3/t18-,19-. The van der Waals surface area contributed by atoms with Gasteiger partial charge in [-0.2, -0.15) is 5.26 Å². The lowest BCUT2D eigenvalue weighted by Crippen LogP contribution is -2.15. The predicted molar refractivity (Wildman–Crippen MR) is 110 cm³/mol. The first-order valence-electron chi connectivity index (χ1n) is 10.7. The van der Waals surface area contributed by atoms with Gasteiger partial charge in [-0.1, -0.05) is 58.3 Å². The van der Waals surface area contributed by atoms with Crippen molar-refractivity contribution in [3.8, 4) is 17.5 Å². The SMILES string of the molecule is CCCCC[C@H]1CC[C@H](CCc2cnc(-c3ccc(C#N)c(F)c3)nc2)CC1. The van der Waals surface area contributed by atoms with Crippen LogP contribution in [-0.4, -0.2) is 9.97 Å². The summed E-state index contributed by atoms with van der Waals surface area (Å²) >= 11 is 0. The van der Waals surface area contributed by atoms with Gasteiger partial charge in [0, 0.05) is 18.0 Å². The van der Waals surface area contributed by atoms with Gasteiger partial charge >= 0.3 is 0 Å². The number of unbranched alkanes of at least 4 members (excludes halogenated alkanes) is 2. The van der Waals surface area contributed by atoms with Crippen LogP contribution in [0.15, 0.2) is 30.6 Å². The van der Waals surface area contributed by atoms with Crippen LogP contribution in [0.4, 0.5) is 4.39 Å². The van der Waals surface area contributed by atoms with Gasteiger partial charge in [0.2, 0.25) is 0 Å². The Morgan fingerprint density at radius 1 is 1.04 bits per heavy atom. The van der Waals surface area contributed by atoms with Gasteiger partial charge in [0.15, 0.2) is 5.82 Å². The fraction of sp³-hybridized carbons (Fsp3) is 0.542. The second kappa shape index (κ2) is 10.3. The Hall–Kier alpha value is -2.28. The number of hydrogen-bond donors (Lipinski definition) is 0. The van der Waals surface area contributed by atoms with E-state index >= 15 is 0 Å². The van der Waals surface area contributed by atoms with Gasteiger partial charge in [0.05, 0.1) is 5.56 Å². The van der Waals surface area contributed by atoms with Gasteiger partial charge < -0.3 is 0 Å². The third-order valence-electron chi connectivity index (χ3n) is 6.08. The van der Waals surface area contributed by atoms with Gasteiger partial charge in [0.1, 0.15) is 11.9 Å². The van der Waals surface area contributed by atoms with E-state index in [0.717, 1.165) is 23.8 Å². The number of halogens is 1. The number of aryl methyl sites for hydroxylation is 1. The van der Waals surface area contributed by atoms with E-state index in [0.29, 0.717) is 11.4 Å². The minimum atomic E-state index is -0.530. The molecule has 28 heavy (non-hydrogen) atoms. The zero-order valence-electron chi connectivity index (χ0n) is 16.8. The molecule has 0 aliphatic heterocycles. The molecule has 0 bridgehead atoms. The second-order valence-corrected chi connectivity index (χ2v) is 8.14. The Balaban J connectivity index is 1.46. The highest BCUT2D eigenvalue weighted by Crippen LogP contribution is 2.34. The molecule has 0 amide bonds. The molecule has 1 aliphatic carbocycles. The fourth-order valence-corrected chi connectivity index (χ4v) is 4.24. The van der Waals surface area contributed by atoms with Crippen molar-refractivity contribution in [1.82, 2.24) is 9.97 Å². The summed E-state index contributed by atoms with van der Waals surface area (Å²) in [6.07, 6.45) is 17.0. The minimum Gasteiger partial charge on any atom is -0.236 e. The van der Waals surface area contributed by atoms with Crippen LogP contribution >= 0.6 is 0 Å². The fourth-order valence-electron chi connectivity index (χ4n) is 4.24. The molecule has 1 aromatic carbocycles. The van der Waals surface area contributed by atoms with Gasteiger partial charge in [-0.05, 0) is 48.4 Å². The first-order chi connectivity index (χ1) is 13.7. The maximum atomic E-state index is 13.8. The topological polar surface area (TPSA) is 49.6 Å². The van der Waals surface area contributed by atoms with Crippen molar-refractivity contribution in [2.45, 2.75) is 71.1 Å². The maximum absolute atomic E-state index is 13.8. The van der Waals surface area contributed by atoms with Gasteiger partial charge in [-0.15, -0.1) is 0 Å². The van der Waals surface area contributed by atoms with E-state index in [1.807, 2.05) is 18.5 Å². The van der Waals surface area contributed by atoms with E-state index in [1.54, 1.807) is 6.07 Å². The normalized spacial score (nSPS) is 19.3. The van der Waals surface area contributed by atoms with Crippen LogP contribution < -0.4 is 0 Å². The average Bonchev–Trinajstić information content (AvgIpc) is 2.74. The summed E-state index contributed by atoms with van der Waals surface area (Å²) in [7, 11) is 0. The molecular weight excluding hydrogens is 349 g/mol. The smallest absolute Gasteiger partial charge is 0.159 e. The van der Waals surface area contributed by atoms with Crippen molar-refractivity contribution in [1.29, 1.82) is 5.26 Å². The highest BCUT2D eigenvalue weighted by Gasteiger charge is 2.20. The summed E-state index contributed by atoms with van der Waals surface area (Å²) in [4.78, 5) is 8.80. The van der Waals surface area contributed by atoms with E-state index in [2.05, 4.69) is 16.9 Å². The van der Waals surface area contributed by atoms with Crippen LogP contribution in [0.5, 0.6) is 0 Å². The number of benzene rings is 1. The number of nitriles is 1. The highest BCUT2D eigenvalue weighted by atomic mass is 19.1. The van der Waals surface area contributed by atoms with Crippen LogP contribution in [0.25, 0.3) is 11.4 Å². The molecule has 0 unspecified atom stereocenters. The van der Waals surface area contributed by atoms with Gasteiger partial charge in [-0.3, -0.25) is 0 Å². The number of aromatic nitrogens is 2. The average molecular weight is 380 g/mol. The Morgan fingerprint density at radius 2 is 1.71 bits per heavy atom. The summed E-state index contributed by atoms with van der Waals surface area (Å²) in [5.41, 5.74) is 1.79. The van der Waals surface area contributed by atoms with E-state index in [-0.39, 0.29) is 5.56 Å². The molecule has 0 atom stereocenters. The molecule has 1 heterocycles. The van der Waals surface area contributed by atoms with Crippen LogP contribution in [0, 0.1) is 29.0 Å². The molecule has 1 fully saturated rings. The molecule has 1 saturated carbocycles. The Labute approximate surface area is 168 Å². The lowest BCUT2D eigenvalue weighted by atomic mass is 9.78. The molecule has 0 spiro atoms. The Bertz CT molecular complexity index is 786. The van der Waals surface area contributed by atoms with Gasteiger partial charge in [-0.25, -0.2) is 14.4 Å².